The van der Waals surface area contributed by atoms with E-state index >= 15 is 0 Å². The zero-order valence-electron chi connectivity index (χ0n) is 12.4. The molecule has 1 amide bonds. The molecule has 1 atom stereocenters. The number of aryl methyl sites for hydroxylation is 2. The van der Waals surface area contributed by atoms with Crippen molar-refractivity contribution >= 4 is 17.7 Å². The van der Waals surface area contributed by atoms with Gasteiger partial charge < -0.3 is 10.4 Å². The van der Waals surface area contributed by atoms with Crippen molar-refractivity contribution in [1.29, 1.82) is 0 Å². The van der Waals surface area contributed by atoms with Gasteiger partial charge in [-0.15, -0.1) is 0 Å². The van der Waals surface area contributed by atoms with Crippen molar-refractivity contribution in [2.24, 2.45) is 0 Å². The first-order chi connectivity index (χ1) is 10.1. The largest absolute Gasteiger partial charge is 0.387 e. The van der Waals surface area contributed by atoms with Crippen LogP contribution in [0.4, 0.5) is 0 Å². The molecular formula is C17H23NO2S. The average Bonchev–Trinajstić information content (AvgIpc) is 2.92. The van der Waals surface area contributed by atoms with E-state index in [9.17, 15) is 9.90 Å². The lowest BCUT2D eigenvalue weighted by Gasteiger charge is -2.21. The Morgan fingerprint density at radius 2 is 2.10 bits per heavy atom. The van der Waals surface area contributed by atoms with Crippen LogP contribution in [0.25, 0.3) is 0 Å². The van der Waals surface area contributed by atoms with Crippen LogP contribution >= 0.6 is 11.8 Å². The molecule has 1 saturated heterocycles. The van der Waals surface area contributed by atoms with Gasteiger partial charge in [0.1, 0.15) is 0 Å². The van der Waals surface area contributed by atoms with E-state index in [-0.39, 0.29) is 5.91 Å². The molecule has 1 aromatic carbocycles. The maximum atomic E-state index is 12.1. The van der Waals surface area contributed by atoms with Crippen LogP contribution in [0.5, 0.6) is 0 Å². The van der Waals surface area contributed by atoms with E-state index in [2.05, 4.69) is 23.5 Å². The molecule has 1 unspecified atom stereocenters. The minimum atomic E-state index is -0.698. The Morgan fingerprint density at radius 1 is 1.29 bits per heavy atom. The van der Waals surface area contributed by atoms with Gasteiger partial charge in [0.15, 0.2) is 0 Å². The molecule has 2 N–H and O–H groups in total. The molecule has 3 nitrogen and oxygen atoms in total. The highest BCUT2D eigenvalue weighted by Gasteiger charge is 2.31. The smallest absolute Gasteiger partial charge is 0.224 e. The quantitative estimate of drug-likeness (QED) is 0.895. The van der Waals surface area contributed by atoms with Crippen LogP contribution < -0.4 is 5.32 Å². The van der Waals surface area contributed by atoms with Crippen LogP contribution in [-0.4, -0.2) is 34.7 Å². The summed E-state index contributed by atoms with van der Waals surface area (Å²) in [6.45, 7) is 0.379. The summed E-state index contributed by atoms with van der Waals surface area (Å²) in [7, 11) is 0. The molecule has 0 aromatic heterocycles. The van der Waals surface area contributed by atoms with Crippen molar-refractivity contribution in [3.05, 3.63) is 34.9 Å². The van der Waals surface area contributed by atoms with Crippen molar-refractivity contribution in [2.75, 3.05) is 18.1 Å². The van der Waals surface area contributed by atoms with Crippen LogP contribution in [0.15, 0.2) is 18.2 Å². The van der Waals surface area contributed by atoms with Crippen LogP contribution in [0.2, 0.25) is 0 Å². The second kappa shape index (κ2) is 6.41. The SMILES string of the molecule is O=C(Cc1ccc2c(c1)CCCC2)NCC1(O)CCSC1. The molecule has 0 bridgehead atoms. The number of carbonyl (C=O) groups is 1. The normalized spacial score (nSPS) is 24.6. The van der Waals surface area contributed by atoms with Crippen LogP contribution in [-0.2, 0) is 24.1 Å². The Kier molecular flexibility index (Phi) is 4.55. The zero-order chi connectivity index (χ0) is 14.7. The minimum absolute atomic E-state index is 0.0103. The topological polar surface area (TPSA) is 49.3 Å². The first-order valence-electron chi connectivity index (χ1n) is 7.82. The van der Waals surface area contributed by atoms with E-state index in [0.29, 0.717) is 13.0 Å². The fourth-order valence-electron chi connectivity index (χ4n) is 3.14. The number of hydrogen-bond acceptors (Lipinski definition) is 3. The van der Waals surface area contributed by atoms with Gasteiger partial charge >= 0.3 is 0 Å². The molecule has 1 fully saturated rings. The first-order valence-corrected chi connectivity index (χ1v) is 8.98. The molecule has 2 aliphatic rings. The number of thioether (sulfide) groups is 1. The van der Waals surface area contributed by atoms with Crippen molar-refractivity contribution in [3.63, 3.8) is 0 Å². The van der Waals surface area contributed by atoms with Gasteiger partial charge in [0.05, 0.1) is 12.0 Å². The average molecular weight is 305 g/mol. The predicted octanol–water partition coefficient (Wildman–Crippen LogP) is 2.09. The molecule has 0 saturated carbocycles. The number of fused-ring (bicyclic) bond motifs is 1. The highest BCUT2D eigenvalue weighted by molar-refractivity contribution is 7.99. The van der Waals surface area contributed by atoms with E-state index in [1.165, 1.54) is 30.4 Å². The second-order valence-corrected chi connectivity index (χ2v) is 7.40. The zero-order valence-corrected chi connectivity index (χ0v) is 13.2. The molecule has 4 heteroatoms. The van der Waals surface area contributed by atoms with Crippen molar-refractivity contribution < 1.29 is 9.90 Å². The van der Waals surface area contributed by atoms with Crippen LogP contribution in [0, 0.1) is 0 Å². The van der Waals surface area contributed by atoms with Crippen molar-refractivity contribution in [3.8, 4) is 0 Å². The number of nitrogens with one attached hydrogen (secondary N) is 1. The lowest BCUT2D eigenvalue weighted by molar-refractivity contribution is -0.121. The predicted molar refractivity (Wildman–Crippen MR) is 86.7 cm³/mol. The summed E-state index contributed by atoms with van der Waals surface area (Å²) in [5.74, 6) is 1.72. The molecular weight excluding hydrogens is 282 g/mol. The van der Waals surface area contributed by atoms with E-state index in [0.717, 1.165) is 29.9 Å². The molecule has 3 rings (SSSR count). The lowest BCUT2D eigenvalue weighted by atomic mass is 9.90. The fourth-order valence-corrected chi connectivity index (χ4v) is 4.44. The molecule has 1 aliphatic heterocycles. The Labute approximate surface area is 130 Å². The van der Waals surface area contributed by atoms with E-state index < -0.39 is 5.60 Å². The minimum Gasteiger partial charge on any atom is -0.387 e. The van der Waals surface area contributed by atoms with Gasteiger partial charge in [0.2, 0.25) is 5.91 Å². The fraction of sp³-hybridized carbons (Fsp3) is 0.588. The monoisotopic (exact) mass is 305 g/mol. The maximum absolute atomic E-state index is 12.1. The van der Waals surface area contributed by atoms with Gasteiger partial charge in [-0.1, -0.05) is 18.2 Å². The lowest BCUT2D eigenvalue weighted by Crippen LogP contribution is -2.43. The third-order valence-electron chi connectivity index (χ3n) is 4.47. The van der Waals surface area contributed by atoms with Crippen molar-refractivity contribution in [2.45, 2.75) is 44.1 Å². The summed E-state index contributed by atoms with van der Waals surface area (Å²) in [5, 5.41) is 13.1. The maximum Gasteiger partial charge on any atom is 0.224 e. The summed E-state index contributed by atoms with van der Waals surface area (Å²) in [5.41, 5.74) is 3.25. The number of aliphatic hydroxyl groups is 1. The van der Waals surface area contributed by atoms with Gasteiger partial charge in [-0.3, -0.25) is 4.79 Å². The van der Waals surface area contributed by atoms with Gasteiger partial charge in [0.25, 0.3) is 0 Å². The van der Waals surface area contributed by atoms with Gasteiger partial charge in [-0.05, 0) is 54.5 Å². The Morgan fingerprint density at radius 3 is 2.86 bits per heavy atom. The molecule has 114 valence electrons. The molecule has 0 radical (unpaired) electrons. The number of amides is 1. The highest BCUT2D eigenvalue weighted by atomic mass is 32.2. The number of hydrogen-bond donors (Lipinski definition) is 2. The Hall–Kier alpha value is -1.00. The van der Waals surface area contributed by atoms with Gasteiger partial charge in [-0.2, -0.15) is 11.8 Å². The molecule has 0 spiro atoms. The number of rotatable bonds is 4. The summed E-state index contributed by atoms with van der Waals surface area (Å²) in [4.78, 5) is 12.1. The van der Waals surface area contributed by atoms with Crippen LogP contribution in [0.1, 0.15) is 36.0 Å². The summed E-state index contributed by atoms with van der Waals surface area (Å²) in [6.07, 6.45) is 6.04. The highest BCUT2D eigenvalue weighted by Crippen LogP contribution is 2.27. The summed E-state index contributed by atoms with van der Waals surface area (Å²) < 4.78 is 0. The molecule has 21 heavy (non-hydrogen) atoms. The van der Waals surface area contributed by atoms with E-state index in [1.807, 2.05) is 0 Å². The molecule has 1 heterocycles. The number of carbonyl (C=O) groups excluding carboxylic acids is 1. The third kappa shape index (κ3) is 3.80. The Balaban J connectivity index is 1.55. The van der Waals surface area contributed by atoms with E-state index in [4.69, 9.17) is 0 Å². The van der Waals surface area contributed by atoms with E-state index in [1.54, 1.807) is 11.8 Å². The summed E-state index contributed by atoms with van der Waals surface area (Å²) in [6, 6.07) is 6.44. The second-order valence-electron chi connectivity index (χ2n) is 6.29. The standard InChI is InChI=1S/C17H23NO2S/c19-16(18-11-17(20)7-8-21-12-17)10-13-5-6-14-3-1-2-4-15(14)9-13/h5-6,9,20H,1-4,7-8,10-12H2,(H,18,19). The molecule has 1 aromatic rings. The first kappa shape index (κ1) is 14.9. The van der Waals surface area contributed by atoms with Gasteiger partial charge in [0, 0.05) is 12.3 Å². The summed E-state index contributed by atoms with van der Waals surface area (Å²) >= 11 is 1.75. The third-order valence-corrected chi connectivity index (χ3v) is 5.71. The molecule has 1 aliphatic carbocycles. The van der Waals surface area contributed by atoms with Crippen molar-refractivity contribution in [1.82, 2.24) is 5.32 Å². The number of benzene rings is 1. The Bertz CT molecular complexity index is 524. The van der Waals surface area contributed by atoms with Crippen LogP contribution in [0.3, 0.4) is 0 Å². The van der Waals surface area contributed by atoms with Gasteiger partial charge in [-0.25, -0.2) is 0 Å².